The SMILES string of the molecule is CC(=O)Oc1c(N2C(=O)CCC2=O)oc(-c2c(F)cccc2Cl)c1O. The van der Waals surface area contributed by atoms with Crippen LogP contribution in [0.15, 0.2) is 22.6 Å². The van der Waals surface area contributed by atoms with Gasteiger partial charge in [-0.25, -0.2) is 9.29 Å². The highest BCUT2D eigenvalue weighted by molar-refractivity contribution is 6.33. The molecule has 0 aliphatic carbocycles. The topological polar surface area (TPSA) is 97.0 Å². The third-order valence-corrected chi connectivity index (χ3v) is 3.83. The average molecular weight is 368 g/mol. The Labute approximate surface area is 145 Å². The Morgan fingerprint density at radius 1 is 1.32 bits per heavy atom. The maximum Gasteiger partial charge on any atom is 0.308 e. The summed E-state index contributed by atoms with van der Waals surface area (Å²) in [6.45, 7) is 1.06. The second kappa shape index (κ2) is 6.21. The van der Waals surface area contributed by atoms with Gasteiger partial charge in [0.15, 0.2) is 5.76 Å². The number of aromatic hydroxyl groups is 1. The summed E-state index contributed by atoms with van der Waals surface area (Å²) in [7, 11) is 0. The average Bonchev–Trinajstić information content (AvgIpc) is 3.01. The standard InChI is InChI=1S/C16H11ClFNO6/c1-7(20)24-15-13(23)14(12-8(17)3-2-4-9(12)18)25-16(15)19-10(21)5-6-11(19)22/h2-4,23H,5-6H2,1H3. The Morgan fingerprint density at radius 3 is 2.52 bits per heavy atom. The molecule has 25 heavy (non-hydrogen) atoms. The number of ether oxygens (including phenoxy) is 1. The molecule has 3 rings (SSSR count). The summed E-state index contributed by atoms with van der Waals surface area (Å²) in [5.74, 6) is -5.08. The lowest BCUT2D eigenvalue weighted by Crippen LogP contribution is -2.28. The number of carbonyl (C=O) groups is 3. The minimum absolute atomic E-state index is 0.0599. The summed E-state index contributed by atoms with van der Waals surface area (Å²) in [4.78, 5) is 35.8. The Balaban J connectivity index is 2.24. The smallest absolute Gasteiger partial charge is 0.308 e. The van der Waals surface area contributed by atoms with Gasteiger partial charge in [0.1, 0.15) is 5.82 Å². The number of esters is 1. The van der Waals surface area contributed by atoms with Gasteiger partial charge in [0, 0.05) is 19.8 Å². The zero-order valence-electron chi connectivity index (χ0n) is 12.8. The van der Waals surface area contributed by atoms with Gasteiger partial charge in [-0.3, -0.25) is 14.4 Å². The quantitative estimate of drug-likeness (QED) is 0.661. The number of furan rings is 1. The lowest BCUT2D eigenvalue weighted by molar-refractivity contribution is -0.132. The van der Waals surface area contributed by atoms with Crippen molar-refractivity contribution in [1.29, 1.82) is 0 Å². The minimum Gasteiger partial charge on any atom is -0.502 e. The molecular formula is C16H11ClFNO6. The van der Waals surface area contributed by atoms with Gasteiger partial charge in [0.25, 0.3) is 5.88 Å². The molecule has 1 saturated heterocycles. The molecule has 1 aromatic heterocycles. The van der Waals surface area contributed by atoms with E-state index in [9.17, 15) is 23.9 Å². The highest BCUT2D eigenvalue weighted by atomic mass is 35.5. The van der Waals surface area contributed by atoms with Crippen molar-refractivity contribution in [3.63, 3.8) is 0 Å². The minimum atomic E-state index is -0.831. The third kappa shape index (κ3) is 2.85. The molecule has 2 heterocycles. The molecule has 7 nitrogen and oxygen atoms in total. The highest BCUT2D eigenvalue weighted by Crippen LogP contribution is 2.50. The molecule has 1 aromatic carbocycles. The summed E-state index contributed by atoms with van der Waals surface area (Å²) in [5, 5.41) is 10.3. The van der Waals surface area contributed by atoms with Crippen molar-refractivity contribution in [2.45, 2.75) is 19.8 Å². The van der Waals surface area contributed by atoms with Crippen LogP contribution in [0.2, 0.25) is 5.02 Å². The fourth-order valence-electron chi connectivity index (χ4n) is 2.47. The van der Waals surface area contributed by atoms with Crippen LogP contribution in [-0.4, -0.2) is 22.9 Å². The molecular weight excluding hydrogens is 357 g/mol. The predicted molar refractivity (Wildman–Crippen MR) is 83.8 cm³/mol. The Bertz CT molecular complexity index is 870. The van der Waals surface area contributed by atoms with Crippen LogP contribution >= 0.6 is 11.6 Å². The van der Waals surface area contributed by atoms with Crippen LogP contribution in [0.3, 0.4) is 0 Å². The van der Waals surface area contributed by atoms with E-state index in [1.165, 1.54) is 12.1 Å². The second-order valence-corrected chi connectivity index (χ2v) is 5.63. The number of amides is 2. The third-order valence-electron chi connectivity index (χ3n) is 3.51. The van der Waals surface area contributed by atoms with Crippen LogP contribution in [-0.2, 0) is 14.4 Å². The number of halogens is 2. The van der Waals surface area contributed by atoms with Crippen LogP contribution in [0, 0.1) is 5.82 Å². The van der Waals surface area contributed by atoms with E-state index in [2.05, 4.69) is 0 Å². The lowest BCUT2D eigenvalue weighted by atomic mass is 10.1. The Hall–Kier alpha value is -2.87. The van der Waals surface area contributed by atoms with E-state index in [0.717, 1.165) is 13.0 Å². The van der Waals surface area contributed by atoms with E-state index in [1.807, 2.05) is 0 Å². The summed E-state index contributed by atoms with van der Waals surface area (Å²) in [6, 6.07) is 3.79. The van der Waals surface area contributed by atoms with Crippen molar-refractivity contribution in [3.05, 3.63) is 29.0 Å². The van der Waals surface area contributed by atoms with Crippen molar-refractivity contribution in [1.82, 2.24) is 0 Å². The fourth-order valence-corrected chi connectivity index (χ4v) is 2.71. The fraction of sp³-hybridized carbons (Fsp3) is 0.188. The van der Waals surface area contributed by atoms with Gasteiger partial charge in [0.05, 0.1) is 10.6 Å². The predicted octanol–water partition coefficient (Wildman–Crippen LogP) is 3.02. The van der Waals surface area contributed by atoms with Gasteiger partial charge in [-0.2, -0.15) is 0 Å². The van der Waals surface area contributed by atoms with E-state index >= 15 is 0 Å². The molecule has 0 radical (unpaired) electrons. The first-order valence-corrected chi connectivity index (χ1v) is 7.53. The van der Waals surface area contributed by atoms with Crippen molar-refractivity contribution in [2.75, 3.05) is 4.90 Å². The summed E-state index contributed by atoms with van der Waals surface area (Å²) >= 11 is 5.95. The number of carbonyl (C=O) groups excluding carboxylic acids is 3. The molecule has 0 spiro atoms. The first-order valence-electron chi connectivity index (χ1n) is 7.15. The number of imide groups is 1. The first kappa shape index (κ1) is 17.0. The number of hydrogen-bond acceptors (Lipinski definition) is 6. The van der Waals surface area contributed by atoms with Crippen molar-refractivity contribution in [3.8, 4) is 22.8 Å². The number of anilines is 1. The summed E-state index contributed by atoms with van der Waals surface area (Å²) < 4.78 is 24.4. The lowest BCUT2D eigenvalue weighted by Gasteiger charge is -2.11. The van der Waals surface area contributed by atoms with Gasteiger partial charge in [-0.1, -0.05) is 17.7 Å². The van der Waals surface area contributed by atoms with Crippen LogP contribution in [0.4, 0.5) is 10.3 Å². The maximum absolute atomic E-state index is 14.1. The van der Waals surface area contributed by atoms with E-state index in [1.54, 1.807) is 0 Å². The van der Waals surface area contributed by atoms with Gasteiger partial charge in [-0.15, -0.1) is 0 Å². The molecule has 0 saturated carbocycles. The first-order chi connectivity index (χ1) is 11.8. The van der Waals surface area contributed by atoms with E-state index in [4.69, 9.17) is 20.8 Å². The molecule has 2 aromatic rings. The normalized spacial score (nSPS) is 14.3. The summed E-state index contributed by atoms with van der Waals surface area (Å²) in [5.41, 5.74) is -0.291. The van der Waals surface area contributed by atoms with Gasteiger partial charge in [0.2, 0.25) is 23.3 Å². The molecule has 1 fully saturated rings. The molecule has 0 bridgehead atoms. The van der Waals surface area contributed by atoms with Crippen molar-refractivity contribution >= 4 is 35.3 Å². The van der Waals surface area contributed by atoms with E-state index in [-0.39, 0.29) is 23.4 Å². The number of hydrogen-bond donors (Lipinski definition) is 1. The zero-order valence-corrected chi connectivity index (χ0v) is 13.6. The highest BCUT2D eigenvalue weighted by Gasteiger charge is 2.39. The Kier molecular flexibility index (Phi) is 4.22. The van der Waals surface area contributed by atoms with Gasteiger partial charge in [-0.05, 0) is 12.1 Å². The molecule has 1 N–H and O–H groups in total. The zero-order chi connectivity index (χ0) is 18.3. The maximum atomic E-state index is 14.1. The summed E-state index contributed by atoms with van der Waals surface area (Å²) in [6.07, 6.45) is -0.120. The molecule has 1 aliphatic rings. The van der Waals surface area contributed by atoms with Crippen LogP contribution < -0.4 is 9.64 Å². The van der Waals surface area contributed by atoms with Crippen molar-refractivity contribution < 1.29 is 33.0 Å². The number of benzene rings is 1. The number of nitrogens with zero attached hydrogens (tertiary/aromatic N) is 1. The molecule has 9 heteroatoms. The largest absolute Gasteiger partial charge is 0.502 e. The number of rotatable bonds is 3. The van der Waals surface area contributed by atoms with Crippen LogP contribution in [0.5, 0.6) is 11.5 Å². The molecule has 0 unspecified atom stereocenters. The van der Waals surface area contributed by atoms with E-state index in [0.29, 0.717) is 4.90 Å². The second-order valence-electron chi connectivity index (χ2n) is 5.23. The molecule has 130 valence electrons. The molecule has 1 aliphatic heterocycles. The van der Waals surface area contributed by atoms with Gasteiger partial charge < -0.3 is 14.3 Å². The van der Waals surface area contributed by atoms with Crippen LogP contribution in [0.25, 0.3) is 11.3 Å². The Morgan fingerprint density at radius 2 is 1.96 bits per heavy atom. The van der Waals surface area contributed by atoms with Crippen LogP contribution in [0.1, 0.15) is 19.8 Å². The molecule has 0 atom stereocenters. The van der Waals surface area contributed by atoms with Crippen molar-refractivity contribution in [2.24, 2.45) is 0 Å². The van der Waals surface area contributed by atoms with E-state index < -0.39 is 46.7 Å². The monoisotopic (exact) mass is 367 g/mol. The van der Waals surface area contributed by atoms with Gasteiger partial charge >= 0.3 is 5.97 Å². The molecule has 2 amide bonds.